The molecule has 1 heterocycles. The highest BCUT2D eigenvalue weighted by atomic mass is 15.2. The molecule has 0 bridgehead atoms. The van der Waals surface area contributed by atoms with Crippen LogP contribution >= 0.6 is 0 Å². The van der Waals surface area contributed by atoms with E-state index in [4.69, 9.17) is 11.5 Å². The van der Waals surface area contributed by atoms with Gasteiger partial charge in [-0.05, 0) is 30.3 Å². The first kappa shape index (κ1) is 9.72. The van der Waals surface area contributed by atoms with Crippen LogP contribution in [-0.2, 0) is 0 Å². The van der Waals surface area contributed by atoms with Gasteiger partial charge in [0.25, 0.3) is 0 Å². The quantitative estimate of drug-likeness (QED) is 0.622. The fraction of sp³-hybridized carbons (Fsp3) is 0. The van der Waals surface area contributed by atoms with E-state index in [1.165, 1.54) is 0 Å². The van der Waals surface area contributed by atoms with E-state index in [9.17, 15) is 0 Å². The van der Waals surface area contributed by atoms with E-state index in [2.05, 4.69) is 4.98 Å². The van der Waals surface area contributed by atoms with Crippen molar-refractivity contribution in [3.63, 3.8) is 0 Å². The fourth-order valence-corrected chi connectivity index (χ4v) is 1.96. The lowest BCUT2D eigenvalue weighted by atomic mass is 10.2. The van der Waals surface area contributed by atoms with Gasteiger partial charge in [-0.3, -0.25) is 4.57 Å². The highest BCUT2D eigenvalue weighted by Gasteiger charge is 2.09. The SMILES string of the molecule is Nc1ccc2c(c1)nc(N)n2-c1ccccc1. The molecular formula is C13H12N4. The highest BCUT2D eigenvalue weighted by molar-refractivity contribution is 5.83. The lowest BCUT2D eigenvalue weighted by molar-refractivity contribution is 1.11. The van der Waals surface area contributed by atoms with Crippen LogP contribution < -0.4 is 11.5 Å². The van der Waals surface area contributed by atoms with Gasteiger partial charge in [-0.2, -0.15) is 0 Å². The number of anilines is 2. The third kappa shape index (κ3) is 1.50. The van der Waals surface area contributed by atoms with Gasteiger partial charge < -0.3 is 11.5 Å². The molecule has 2 aromatic carbocycles. The van der Waals surface area contributed by atoms with Crippen LogP contribution in [0.5, 0.6) is 0 Å². The largest absolute Gasteiger partial charge is 0.399 e. The second-order valence-corrected chi connectivity index (χ2v) is 3.89. The normalized spacial score (nSPS) is 10.8. The molecule has 4 nitrogen and oxygen atoms in total. The van der Waals surface area contributed by atoms with Crippen LogP contribution in [0, 0.1) is 0 Å². The molecule has 0 saturated heterocycles. The molecular weight excluding hydrogens is 212 g/mol. The molecule has 0 unspecified atom stereocenters. The number of imidazole rings is 1. The van der Waals surface area contributed by atoms with Crippen molar-refractivity contribution < 1.29 is 0 Å². The molecule has 4 N–H and O–H groups in total. The molecule has 0 atom stereocenters. The molecule has 3 rings (SSSR count). The third-order valence-corrected chi connectivity index (χ3v) is 2.72. The van der Waals surface area contributed by atoms with Crippen molar-refractivity contribution in [2.24, 2.45) is 0 Å². The Hall–Kier alpha value is -2.49. The predicted molar refractivity (Wildman–Crippen MR) is 69.9 cm³/mol. The average molecular weight is 224 g/mol. The summed E-state index contributed by atoms with van der Waals surface area (Å²) in [6.45, 7) is 0. The van der Waals surface area contributed by atoms with E-state index in [1.54, 1.807) is 0 Å². The molecule has 0 aliphatic heterocycles. The number of nitrogen functional groups attached to an aromatic ring is 2. The molecule has 3 aromatic rings. The fourth-order valence-electron chi connectivity index (χ4n) is 1.96. The van der Waals surface area contributed by atoms with E-state index < -0.39 is 0 Å². The Morgan fingerprint density at radius 1 is 0.941 bits per heavy atom. The lowest BCUT2D eigenvalue weighted by Crippen LogP contribution is -1.99. The summed E-state index contributed by atoms with van der Waals surface area (Å²) in [7, 11) is 0. The van der Waals surface area contributed by atoms with Crippen molar-refractivity contribution in [3.05, 3.63) is 48.5 Å². The van der Waals surface area contributed by atoms with Gasteiger partial charge in [-0.1, -0.05) is 18.2 Å². The van der Waals surface area contributed by atoms with Crippen LogP contribution in [0.3, 0.4) is 0 Å². The van der Waals surface area contributed by atoms with Crippen molar-refractivity contribution in [1.82, 2.24) is 9.55 Å². The summed E-state index contributed by atoms with van der Waals surface area (Å²) >= 11 is 0. The van der Waals surface area contributed by atoms with E-state index >= 15 is 0 Å². The minimum atomic E-state index is 0.469. The van der Waals surface area contributed by atoms with Gasteiger partial charge in [0.1, 0.15) is 0 Å². The third-order valence-electron chi connectivity index (χ3n) is 2.72. The Kier molecular flexibility index (Phi) is 2.01. The molecule has 0 radical (unpaired) electrons. The minimum absolute atomic E-state index is 0.469. The molecule has 17 heavy (non-hydrogen) atoms. The Labute approximate surface area is 98.5 Å². The van der Waals surface area contributed by atoms with Crippen molar-refractivity contribution in [1.29, 1.82) is 0 Å². The van der Waals surface area contributed by atoms with E-state index in [0.29, 0.717) is 11.6 Å². The lowest BCUT2D eigenvalue weighted by Gasteiger charge is -2.05. The zero-order valence-electron chi connectivity index (χ0n) is 9.17. The Morgan fingerprint density at radius 2 is 1.71 bits per heavy atom. The number of fused-ring (bicyclic) bond motifs is 1. The number of hydrogen-bond acceptors (Lipinski definition) is 3. The first-order chi connectivity index (χ1) is 8.25. The Balaban J connectivity index is 2.33. The van der Waals surface area contributed by atoms with Crippen molar-refractivity contribution in [2.75, 3.05) is 11.5 Å². The van der Waals surface area contributed by atoms with Crippen molar-refractivity contribution in [2.45, 2.75) is 0 Å². The molecule has 84 valence electrons. The second-order valence-electron chi connectivity index (χ2n) is 3.89. The first-order valence-electron chi connectivity index (χ1n) is 5.34. The predicted octanol–water partition coefficient (Wildman–Crippen LogP) is 2.19. The summed E-state index contributed by atoms with van der Waals surface area (Å²) in [6.07, 6.45) is 0. The van der Waals surface area contributed by atoms with Gasteiger partial charge in [-0.25, -0.2) is 4.98 Å². The smallest absolute Gasteiger partial charge is 0.205 e. The number of rotatable bonds is 1. The van der Waals surface area contributed by atoms with Gasteiger partial charge >= 0.3 is 0 Å². The zero-order valence-corrected chi connectivity index (χ0v) is 9.17. The number of para-hydroxylation sites is 1. The summed E-state index contributed by atoms with van der Waals surface area (Å²) in [5.41, 5.74) is 15.1. The molecule has 0 spiro atoms. The minimum Gasteiger partial charge on any atom is -0.399 e. The zero-order chi connectivity index (χ0) is 11.8. The summed E-state index contributed by atoms with van der Waals surface area (Å²) in [5, 5.41) is 0. The van der Waals surface area contributed by atoms with E-state index in [1.807, 2.05) is 53.1 Å². The maximum Gasteiger partial charge on any atom is 0.205 e. The van der Waals surface area contributed by atoms with Crippen LogP contribution in [0.4, 0.5) is 11.6 Å². The van der Waals surface area contributed by atoms with E-state index in [-0.39, 0.29) is 0 Å². The number of benzene rings is 2. The number of aromatic nitrogens is 2. The Bertz CT molecular complexity index is 670. The standard InChI is InChI=1S/C13H12N4/c14-9-6-7-12-11(8-9)16-13(15)17(12)10-4-2-1-3-5-10/h1-8H,14H2,(H2,15,16). The van der Waals surface area contributed by atoms with Gasteiger partial charge in [-0.15, -0.1) is 0 Å². The molecule has 0 fully saturated rings. The van der Waals surface area contributed by atoms with Gasteiger partial charge in [0, 0.05) is 11.4 Å². The average Bonchev–Trinajstić information content (AvgIpc) is 2.65. The Morgan fingerprint density at radius 3 is 2.47 bits per heavy atom. The van der Waals surface area contributed by atoms with Crippen molar-refractivity contribution >= 4 is 22.7 Å². The molecule has 0 amide bonds. The van der Waals surface area contributed by atoms with Gasteiger partial charge in [0.2, 0.25) is 5.95 Å². The van der Waals surface area contributed by atoms with Crippen LogP contribution in [-0.4, -0.2) is 9.55 Å². The topological polar surface area (TPSA) is 69.9 Å². The maximum atomic E-state index is 5.95. The summed E-state index contributed by atoms with van der Waals surface area (Å²) in [6, 6.07) is 15.5. The number of nitrogens with zero attached hydrogens (tertiary/aromatic N) is 2. The van der Waals surface area contributed by atoms with Crippen LogP contribution in [0.1, 0.15) is 0 Å². The van der Waals surface area contributed by atoms with E-state index in [0.717, 1.165) is 16.7 Å². The summed E-state index contributed by atoms with van der Waals surface area (Å²) in [5.74, 6) is 0.469. The molecule has 0 saturated carbocycles. The number of nitrogens with two attached hydrogens (primary N) is 2. The highest BCUT2D eigenvalue weighted by Crippen LogP contribution is 2.24. The second kappa shape index (κ2) is 3.52. The van der Waals surface area contributed by atoms with Crippen LogP contribution in [0.25, 0.3) is 16.7 Å². The summed E-state index contributed by atoms with van der Waals surface area (Å²) in [4.78, 5) is 4.31. The summed E-state index contributed by atoms with van der Waals surface area (Å²) < 4.78 is 1.91. The van der Waals surface area contributed by atoms with Crippen LogP contribution in [0.2, 0.25) is 0 Å². The molecule has 1 aromatic heterocycles. The first-order valence-corrected chi connectivity index (χ1v) is 5.34. The molecule has 0 aliphatic rings. The number of hydrogen-bond donors (Lipinski definition) is 2. The molecule has 4 heteroatoms. The molecule has 0 aliphatic carbocycles. The van der Waals surface area contributed by atoms with Gasteiger partial charge in [0.05, 0.1) is 11.0 Å². The monoisotopic (exact) mass is 224 g/mol. The van der Waals surface area contributed by atoms with Crippen molar-refractivity contribution in [3.8, 4) is 5.69 Å². The van der Waals surface area contributed by atoms with Gasteiger partial charge in [0.15, 0.2) is 0 Å². The van der Waals surface area contributed by atoms with Crippen LogP contribution in [0.15, 0.2) is 48.5 Å². The maximum absolute atomic E-state index is 5.95.